The van der Waals surface area contributed by atoms with Gasteiger partial charge in [0.05, 0.1) is 17.1 Å². The Morgan fingerprint density at radius 1 is 0.962 bits per heavy atom. The molecular formula is C43H55NO8. The Bertz CT molecular complexity index is 1840. The maximum absolute atomic E-state index is 15.6. The topological polar surface area (TPSA) is 123 Å². The smallest absolute Gasteiger partial charge is 0.330 e. The van der Waals surface area contributed by atoms with Crippen LogP contribution in [-0.4, -0.2) is 74.2 Å². The molecule has 2 saturated heterocycles. The third-order valence-corrected chi connectivity index (χ3v) is 12.9. The van der Waals surface area contributed by atoms with Crippen molar-refractivity contribution in [2.24, 2.45) is 17.8 Å². The molecule has 4 aliphatic heterocycles. The number of fused-ring (bicyclic) bond motifs is 2. The number of piperidine rings is 1. The van der Waals surface area contributed by atoms with Crippen molar-refractivity contribution in [3.63, 3.8) is 0 Å². The van der Waals surface area contributed by atoms with Crippen molar-refractivity contribution in [3.8, 4) is 17.2 Å². The lowest BCUT2D eigenvalue weighted by Gasteiger charge is -2.64. The van der Waals surface area contributed by atoms with E-state index in [9.17, 15) is 15.0 Å². The highest BCUT2D eigenvalue weighted by atomic mass is 16.6. The number of phenols is 1. The number of phenolic OH excluding ortho intramolecular Hbond substituents is 1. The SMILES string of the molecule is CC(C)=CCCC1(C)C=Cc2c(O)c3c(c(CC=C(C)C)c2O1)OC12C(C3=O)C(N3CCCCC3)C3CC1C(C)(C)OC2(CC=C(C)C(=O)O)C3=O. The van der Waals surface area contributed by atoms with E-state index in [2.05, 4.69) is 30.9 Å². The van der Waals surface area contributed by atoms with Crippen LogP contribution in [0.5, 0.6) is 17.2 Å². The number of rotatable bonds is 9. The molecule has 7 atom stereocenters. The second-order valence-corrected chi connectivity index (χ2v) is 17.3. The Morgan fingerprint density at radius 2 is 1.65 bits per heavy atom. The van der Waals surface area contributed by atoms with Crippen LogP contribution in [0.4, 0.5) is 0 Å². The van der Waals surface area contributed by atoms with Gasteiger partial charge in [-0.05, 0) is 119 Å². The van der Waals surface area contributed by atoms with Crippen molar-refractivity contribution < 1.29 is 38.8 Å². The highest BCUT2D eigenvalue weighted by Crippen LogP contribution is 2.71. The molecule has 2 N–H and O–H groups in total. The molecule has 4 bridgehead atoms. The maximum Gasteiger partial charge on any atom is 0.330 e. The molecule has 3 saturated carbocycles. The number of aliphatic carboxylic acids is 1. The molecule has 9 heteroatoms. The summed E-state index contributed by atoms with van der Waals surface area (Å²) in [5.74, 6) is -2.55. The fourth-order valence-electron chi connectivity index (χ4n) is 10.4. The number of carbonyl (C=O) groups excluding carboxylic acids is 2. The molecule has 9 nitrogen and oxygen atoms in total. The van der Waals surface area contributed by atoms with E-state index >= 15 is 9.59 Å². The lowest BCUT2D eigenvalue weighted by Crippen LogP contribution is -2.82. The summed E-state index contributed by atoms with van der Waals surface area (Å²) in [6.45, 7) is 17.2. The molecule has 0 radical (unpaired) electrons. The van der Waals surface area contributed by atoms with Crippen LogP contribution in [-0.2, 0) is 20.7 Å². The van der Waals surface area contributed by atoms with Crippen LogP contribution in [0.3, 0.4) is 0 Å². The Morgan fingerprint density at radius 3 is 2.31 bits per heavy atom. The number of carbonyl (C=O) groups is 3. The van der Waals surface area contributed by atoms with Gasteiger partial charge in [-0.1, -0.05) is 35.8 Å². The molecule has 3 aliphatic carbocycles. The number of Topliss-reactive ketones (excluding diaryl/α,β-unsaturated/α-hetero) is 2. The van der Waals surface area contributed by atoms with Crippen LogP contribution < -0.4 is 9.47 Å². The Hall–Kier alpha value is -3.69. The molecule has 1 spiro atoms. The van der Waals surface area contributed by atoms with E-state index < -0.39 is 46.3 Å². The average Bonchev–Trinajstić information content (AvgIpc) is 3.22. The quantitative estimate of drug-likeness (QED) is 0.195. The first kappa shape index (κ1) is 36.7. The van der Waals surface area contributed by atoms with E-state index in [4.69, 9.17) is 14.2 Å². The third-order valence-electron chi connectivity index (χ3n) is 12.9. The highest BCUT2D eigenvalue weighted by Gasteiger charge is 2.85. The minimum atomic E-state index is -1.61. The van der Waals surface area contributed by atoms with Gasteiger partial charge in [-0.3, -0.25) is 14.5 Å². The summed E-state index contributed by atoms with van der Waals surface area (Å²) in [4.78, 5) is 45.2. The number of hydrogen-bond donors (Lipinski definition) is 2. The first-order chi connectivity index (χ1) is 24.5. The van der Waals surface area contributed by atoms with E-state index in [-0.39, 0.29) is 46.5 Å². The van der Waals surface area contributed by atoms with Gasteiger partial charge in [0.2, 0.25) is 0 Å². The summed E-state index contributed by atoms with van der Waals surface area (Å²) in [5, 5.41) is 22.0. The van der Waals surface area contributed by atoms with E-state index in [1.54, 1.807) is 6.08 Å². The lowest BCUT2D eigenvalue weighted by atomic mass is 9.44. The normalized spacial score (nSPS) is 34.1. The van der Waals surface area contributed by atoms with Crippen molar-refractivity contribution >= 4 is 23.6 Å². The first-order valence-electron chi connectivity index (χ1n) is 19.2. The summed E-state index contributed by atoms with van der Waals surface area (Å²) < 4.78 is 21.3. The van der Waals surface area contributed by atoms with Crippen molar-refractivity contribution in [3.05, 3.63) is 57.7 Å². The zero-order valence-corrected chi connectivity index (χ0v) is 32.1. The van der Waals surface area contributed by atoms with E-state index in [1.165, 1.54) is 12.5 Å². The number of carboxylic acids is 1. The summed E-state index contributed by atoms with van der Waals surface area (Å²) >= 11 is 0. The second kappa shape index (κ2) is 12.7. The number of ether oxygens (including phenoxy) is 3. The van der Waals surface area contributed by atoms with Gasteiger partial charge in [-0.25, -0.2) is 4.79 Å². The fraction of sp³-hybridized carbons (Fsp3) is 0.605. The van der Waals surface area contributed by atoms with E-state index in [0.717, 1.165) is 44.3 Å². The average molecular weight is 714 g/mol. The molecule has 8 rings (SSSR count). The summed E-state index contributed by atoms with van der Waals surface area (Å²) in [5.41, 5.74) is -0.946. The molecule has 7 aliphatic rings. The Labute approximate surface area is 307 Å². The van der Waals surface area contributed by atoms with Crippen molar-refractivity contribution in [2.75, 3.05) is 13.1 Å². The van der Waals surface area contributed by atoms with Crippen LogP contribution in [0.15, 0.2) is 41.0 Å². The Kier molecular flexibility index (Phi) is 8.97. The van der Waals surface area contributed by atoms with Gasteiger partial charge in [-0.15, -0.1) is 0 Å². The molecule has 0 aromatic heterocycles. The second-order valence-electron chi connectivity index (χ2n) is 17.3. The van der Waals surface area contributed by atoms with Crippen LogP contribution >= 0.6 is 0 Å². The van der Waals surface area contributed by atoms with Gasteiger partial charge in [0.15, 0.2) is 22.8 Å². The number of aromatic hydroxyl groups is 1. The zero-order valence-electron chi connectivity index (χ0n) is 32.1. The van der Waals surface area contributed by atoms with Crippen LogP contribution in [0.1, 0.15) is 122 Å². The predicted octanol–water partition coefficient (Wildman–Crippen LogP) is 7.78. The highest BCUT2D eigenvalue weighted by molar-refractivity contribution is 6.10. The number of ketones is 2. The lowest BCUT2D eigenvalue weighted by molar-refractivity contribution is -0.214. The van der Waals surface area contributed by atoms with Gasteiger partial charge >= 0.3 is 5.97 Å². The summed E-state index contributed by atoms with van der Waals surface area (Å²) in [7, 11) is 0. The van der Waals surface area contributed by atoms with E-state index in [0.29, 0.717) is 36.1 Å². The molecule has 1 aromatic carbocycles. The molecule has 280 valence electrons. The maximum atomic E-state index is 15.6. The molecule has 4 heterocycles. The van der Waals surface area contributed by atoms with Gasteiger partial charge in [0, 0.05) is 35.4 Å². The number of likely N-dealkylation sites (tertiary alicyclic amines) is 1. The largest absolute Gasteiger partial charge is 0.506 e. The molecular weight excluding hydrogens is 658 g/mol. The number of benzene rings is 1. The van der Waals surface area contributed by atoms with Crippen LogP contribution in [0.2, 0.25) is 0 Å². The van der Waals surface area contributed by atoms with E-state index in [1.807, 2.05) is 46.8 Å². The van der Waals surface area contributed by atoms with Gasteiger partial charge in [0.1, 0.15) is 28.4 Å². The van der Waals surface area contributed by atoms with Gasteiger partial charge in [0.25, 0.3) is 0 Å². The predicted molar refractivity (Wildman–Crippen MR) is 199 cm³/mol. The van der Waals surface area contributed by atoms with Crippen molar-refractivity contribution in [1.82, 2.24) is 4.90 Å². The van der Waals surface area contributed by atoms with Gasteiger partial charge < -0.3 is 24.4 Å². The molecule has 52 heavy (non-hydrogen) atoms. The standard InChI is InChI=1S/C43H55NO8/c1-24(2)13-12-18-41(8)19-17-27-34(45)31-35(46)32-33(44-21-10-9-11-22-44)29-23-30-40(6,7)52-42(38(29)47,20-16-26(5)39(48)49)43(30,32)51-37(31)28(36(27)50-41)15-14-25(3)4/h13-14,16-17,19,29-30,32-33,45H,9-12,15,18,20-23H2,1-8H3,(H,48,49). The minimum Gasteiger partial charge on any atom is -0.506 e. The Balaban J connectivity index is 1.48. The minimum absolute atomic E-state index is 0.0336. The number of hydrogen-bond acceptors (Lipinski definition) is 8. The van der Waals surface area contributed by atoms with Gasteiger partial charge in [-0.2, -0.15) is 0 Å². The molecule has 7 unspecified atom stereocenters. The third kappa shape index (κ3) is 5.35. The number of carboxylic acid groups (broad SMARTS) is 1. The zero-order chi connectivity index (χ0) is 37.5. The fourth-order valence-corrected chi connectivity index (χ4v) is 10.4. The molecule has 5 fully saturated rings. The summed E-state index contributed by atoms with van der Waals surface area (Å²) in [6, 6.07) is -0.429. The monoisotopic (exact) mass is 713 g/mol. The molecule has 0 amide bonds. The first-order valence-corrected chi connectivity index (χ1v) is 19.2. The summed E-state index contributed by atoms with van der Waals surface area (Å²) in [6.07, 6.45) is 15.1. The van der Waals surface area contributed by atoms with Crippen molar-refractivity contribution in [1.29, 1.82) is 0 Å². The molecule has 1 aromatic rings. The number of nitrogens with zero attached hydrogens (tertiary/aromatic N) is 1. The van der Waals surface area contributed by atoms with Crippen LogP contribution in [0.25, 0.3) is 6.08 Å². The van der Waals surface area contributed by atoms with Crippen molar-refractivity contribution in [2.45, 2.75) is 135 Å². The van der Waals surface area contributed by atoms with Crippen LogP contribution in [0, 0.1) is 17.8 Å². The number of allylic oxidation sites excluding steroid dienone is 4.